The molecule has 4 amide bonds. The molecule has 1 atom stereocenters. The molecule has 1 saturated heterocycles. The van der Waals surface area contributed by atoms with Gasteiger partial charge in [0.1, 0.15) is 23.6 Å². The Morgan fingerprint density at radius 2 is 1.77 bits per heavy atom. The van der Waals surface area contributed by atoms with Gasteiger partial charge in [-0.3, -0.25) is 14.5 Å². The number of nitrogens with zero attached hydrogens (tertiary/aromatic N) is 1. The van der Waals surface area contributed by atoms with Gasteiger partial charge < -0.3 is 20.1 Å². The van der Waals surface area contributed by atoms with Gasteiger partial charge >= 0.3 is 6.03 Å². The van der Waals surface area contributed by atoms with Crippen molar-refractivity contribution in [2.24, 2.45) is 5.92 Å². The molecule has 1 aliphatic heterocycles. The van der Waals surface area contributed by atoms with Gasteiger partial charge in [-0.1, -0.05) is 13.8 Å². The van der Waals surface area contributed by atoms with Crippen LogP contribution in [-0.4, -0.2) is 49.0 Å². The Morgan fingerprint density at radius 3 is 2.27 bits per heavy atom. The maximum atomic E-state index is 12.6. The Labute approximate surface area is 152 Å². The first kappa shape index (κ1) is 19.6. The molecule has 0 aliphatic carbocycles. The van der Waals surface area contributed by atoms with Crippen molar-refractivity contribution < 1.29 is 23.9 Å². The number of carbonyl (C=O) groups is 3. The number of methoxy groups -OCH3 is 2. The summed E-state index contributed by atoms with van der Waals surface area (Å²) in [6, 6.07) is 4.35. The van der Waals surface area contributed by atoms with Gasteiger partial charge in [-0.2, -0.15) is 0 Å². The fraction of sp³-hybridized carbons (Fsp3) is 0.500. The quantitative estimate of drug-likeness (QED) is 0.722. The fourth-order valence-electron chi connectivity index (χ4n) is 3.07. The van der Waals surface area contributed by atoms with Gasteiger partial charge in [0.2, 0.25) is 5.91 Å². The van der Waals surface area contributed by atoms with Crippen LogP contribution in [0.3, 0.4) is 0 Å². The Balaban J connectivity index is 2.08. The van der Waals surface area contributed by atoms with E-state index in [-0.39, 0.29) is 12.5 Å². The zero-order valence-corrected chi connectivity index (χ0v) is 15.7. The fourth-order valence-corrected chi connectivity index (χ4v) is 3.07. The highest BCUT2D eigenvalue weighted by Crippen LogP contribution is 2.27. The lowest BCUT2D eigenvalue weighted by atomic mass is 9.91. The number of urea groups is 1. The van der Waals surface area contributed by atoms with Crippen molar-refractivity contribution in [1.82, 2.24) is 10.2 Å². The minimum absolute atomic E-state index is 0.224. The second-order valence-electron chi connectivity index (χ2n) is 6.90. The third-order valence-electron chi connectivity index (χ3n) is 4.10. The van der Waals surface area contributed by atoms with Crippen LogP contribution in [0.15, 0.2) is 18.2 Å². The molecule has 0 saturated carbocycles. The third kappa shape index (κ3) is 4.25. The molecule has 2 rings (SSSR count). The molecule has 2 N–H and O–H groups in total. The third-order valence-corrected chi connectivity index (χ3v) is 4.10. The van der Waals surface area contributed by atoms with Gasteiger partial charge in [-0.05, 0) is 19.3 Å². The van der Waals surface area contributed by atoms with E-state index < -0.39 is 23.4 Å². The van der Waals surface area contributed by atoms with Gasteiger partial charge in [0, 0.05) is 23.9 Å². The summed E-state index contributed by atoms with van der Waals surface area (Å²) in [6.07, 6.45) is 0.503. The Morgan fingerprint density at radius 1 is 1.19 bits per heavy atom. The largest absolute Gasteiger partial charge is 0.497 e. The normalized spacial score (nSPS) is 19.5. The highest BCUT2D eigenvalue weighted by molar-refractivity contribution is 6.09. The minimum Gasteiger partial charge on any atom is -0.497 e. The van der Waals surface area contributed by atoms with Crippen LogP contribution in [0.2, 0.25) is 0 Å². The molecule has 0 radical (unpaired) electrons. The number of benzene rings is 1. The summed E-state index contributed by atoms with van der Waals surface area (Å²) >= 11 is 0. The number of imide groups is 1. The molecule has 0 bridgehead atoms. The molecule has 1 aromatic carbocycles. The summed E-state index contributed by atoms with van der Waals surface area (Å²) in [5, 5.41) is 5.34. The lowest BCUT2D eigenvalue weighted by Gasteiger charge is -2.23. The number of amides is 4. The molecule has 142 valence electrons. The highest BCUT2D eigenvalue weighted by Gasteiger charge is 2.48. The number of rotatable bonds is 7. The van der Waals surface area contributed by atoms with Crippen LogP contribution in [0.5, 0.6) is 11.5 Å². The number of carbonyl (C=O) groups excluding carboxylic acids is 3. The van der Waals surface area contributed by atoms with E-state index in [1.54, 1.807) is 25.1 Å². The van der Waals surface area contributed by atoms with Gasteiger partial charge in [-0.25, -0.2) is 4.79 Å². The number of nitrogens with one attached hydrogen (secondary N) is 2. The molecule has 8 nitrogen and oxygen atoms in total. The first-order valence-corrected chi connectivity index (χ1v) is 8.35. The van der Waals surface area contributed by atoms with E-state index >= 15 is 0 Å². The van der Waals surface area contributed by atoms with Crippen molar-refractivity contribution in [3.63, 3.8) is 0 Å². The van der Waals surface area contributed by atoms with E-state index in [1.807, 2.05) is 13.8 Å². The van der Waals surface area contributed by atoms with E-state index in [1.165, 1.54) is 14.2 Å². The standard InChI is InChI=1S/C18H25N3O5/c1-11(2)9-18(3)16(23)21(17(24)20-18)10-15(22)19-12-6-13(25-4)8-14(7-12)26-5/h6-8,11H,9-10H2,1-5H3,(H,19,22)(H,20,24)/t18-/m1/s1. The Bertz CT molecular complexity index is 697. The van der Waals surface area contributed by atoms with Crippen LogP contribution in [0.25, 0.3) is 0 Å². The zero-order valence-electron chi connectivity index (χ0n) is 15.7. The van der Waals surface area contributed by atoms with E-state index in [0.29, 0.717) is 23.6 Å². The van der Waals surface area contributed by atoms with Crippen molar-refractivity contribution in [1.29, 1.82) is 0 Å². The van der Waals surface area contributed by atoms with Crippen molar-refractivity contribution in [2.45, 2.75) is 32.7 Å². The number of hydrogen-bond acceptors (Lipinski definition) is 5. The van der Waals surface area contributed by atoms with E-state index in [2.05, 4.69) is 10.6 Å². The molecular formula is C18H25N3O5. The molecule has 1 aliphatic rings. The van der Waals surface area contributed by atoms with Gasteiger partial charge in [-0.15, -0.1) is 0 Å². The molecule has 26 heavy (non-hydrogen) atoms. The number of hydrogen-bond donors (Lipinski definition) is 2. The molecular weight excluding hydrogens is 338 g/mol. The summed E-state index contributed by atoms with van der Waals surface area (Å²) in [7, 11) is 3.01. The first-order chi connectivity index (χ1) is 12.2. The zero-order chi connectivity index (χ0) is 19.5. The van der Waals surface area contributed by atoms with Crippen LogP contribution in [0.4, 0.5) is 10.5 Å². The first-order valence-electron chi connectivity index (χ1n) is 8.35. The van der Waals surface area contributed by atoms with Crippen LogP contribution >= 0.6 is 0 Å². The lowest BCUT2D eigenvalue weighted by molar-refractivity contribution is -0.133. The number of ether oxygens (including phenoxy) is 2. The molecule has 0 spiro atoms. The van der Waals surface area contributed by atoms with E-state index in [0.717, 1.165) is 4.90 Å². The smallest absolute Gasteiger partial charge is 0.325 e. The maximum absolute atomic E-state index is 12.6. The van der Waals surface area contributed by atoms with Crippen LogP contribution in [-0.2, 0) is 9.59 Å². The average molecular weight is 363 g/mol. The summed E-state index contributed by atoms with van der Waals surface area (Å²) in [4.78, 5) is 38.0. The van der Waals surface area contributed by atoms with Crippen molar-refractivity contribution in [2.75, 3.05) is 26.1 Å². The summed E-state index contributed by atoms with van der Waals surface area (Å²) in [5.74, 6) is 0.368. The monoisotopic (exact) mass is 363 g/mol. The topological polar surface area (TPSA) is 97.0 Å². The summed E-state index contributed by atoms with van der Waals surface area (Å²) < 4.78 is 10.3. The van der Waals surface area contributed by atoms with Gasteiger partial charge in [0.05, 0.1) is 14.2 Å². The summed E-state index contributed by atoms with van der Waals surface area (Å²) in [6.45, 7) is 5.25. The molecule has 8 heteroatoms. The van der Waals surface area contributed by atoms with Crippen molar-refractivity contribution in [3.05, 3.63) is 18.2 Å². The van der Waals surface area contributed by atoms with Gasteiger partial charge in [0.15, 0.2) is 0 Å². The molecule has 1 heterocycles. The van der Waals surface area contributed by atoms with Crippen LogP contribution in [0, 0.1) is 5.92 Å². The Kier molecular flexibility index (Phi) is 5.74. The molecule has 0 unspecified atom stereocenters. The van der Waals surface area contributed by atoms with E-state index in [9.17, 15) is 14.4 Å². The lowest BCUT2D eigenvalue weighted by Crippen LogP contribution is -2.45. The van der Waals surface area contributed by atoms with Gasteiger partial charge in [0.25, 0.3) is 5.91 Å². The summed E-state index contributed by atoms with van der Waals surface area (Å²) in [5.41, 5.74) is -0.534. The molecule has 1 fully saturated rings. The predicted octanol–water partition coefficient (Wildman–Crippen LogP) is 2.00. The second-order valence-corrected chi connectivity index (χ2v) is 6.90. The predicted molar refractivity (Wildman–Crippen MR) is 96.3 cm³/mol. The Hall–Kier alpha value is -2.77. The number of anilines is 1. The average Bonchev–Trinajstić information content (AvgIpc) is 2.76. The SMILES string of the molecule is COc1cc(NC(=O)CN2C(=O)N[C@](C)(CC(C)C)C2=O)cc(OC)c1. The van der Waals surface area contributed by atoms with E-state index in [4.69, 9.17) is 9.47 Å². The van der Waals surface area contributed by atoms with Crippen LogP contribution < -0.4 is 20.1 Å². The van der Waals surface area contributed by atoms with Crippen molar-refractivity contribution in [3.8, 4) is 11.5 Å². The second kappa shape index (κ2) is 7.63. The van der Waals surface area contributed by atoms with Crippen LogP contribution in [0.1, 0.15) is 27.2 Å². The van der Waals surface area contributed by atoms with Crippen molar-refractivity contribution >= 4 is 23.5 Å². The molecule has 1 aromatic rings. The minimum atomic E-state index is -0.981. The maximum Gasteiger partial charge on any atom is 0.325 e. The molecule has 0 aromatic heterocycles. The highest BCUT2D eigenvalue weighted by atomic mass is 16.5.